The number of primary amides is 1. The van der Waals surface area contributed by atoms with Crippen LogP contribution >= 0.6 is 11.6 Å². The molecule has 3 N–H and O–H groups in total. The van der Waals surface area contributed by atoms with Crippen LogP contribution in [0.2, 0.25) is 5.02 Å². The van der Waals surface area contributed by atoms with E-state index in [1.54, 1.807) is 36.2 Å². The number of pyridine rings is 2. The van der Waals surface area contributed by atoms with Crippen molar-refractivity contribution >= 4 is 40.4 Å². The summed E-state index contributed by atoms with van der Waals surface area (Å²) < 4.78 is 13.5. The summed E-state index contributed by atoms with van der Waals surface area (Å²) in [5.41, 5.74) is 7.31. The van der Waals surface area contributed by atoms with Crippen LogP contribution in [-0.4, -0.2) is 22.9 Å². The number of benzene rings is 1. The summed E-state index contributed by atoms with van der Waals surface area (Å²) in [6.45, 7) is 0. The molecule has 26 heavy (non-hydrogen) atoms. The van der Waals surface area contributed by atoms with Crippen molar-refractivity contribution < 1.29 is 9.18 Å². The fraction of sp³-hybridized carbons (Fsp3) is 0.0556. The SMILES string of the molecule is CN(c1cncc(F)c1)c1cc(Nc2cccc(Cl)c2)ncc1C(N)=O. The first-order chi connectivity index (χ1) is 12.4. The number of aromatic nitrogens is 2. The molecular weight excluding hydrogens is 357 g/mol. The normalized spacial score (nSPS) is 10.4. The van der Waals surface area contributed by atoms with E-state index in [-0.39, 0.29) is 5.56 Å². The third-order valence-electron chi connectivity index (χ3n) is 3.68. The molecule has 0 spiro atoms. The monoisotopic (exact) mass is 371 g/mol. The van der Waals surface area contributed by atoms with Gasteiger partial charge in [-0.3, -0.25) is 9.78 Å². The number of hydrogen-bond acceptors (Lipinski definition) is 5. The maximum atomic E-state index is 13.5. The Labute approximate surface area is 154 Å². The summed E-state index contributed by atoms with van der Waals surface area (Å²) in [5, 5.41) is 3.68. The van der Waals surface area contributed by atoms with E-state index in [9.17, 15) is 9.18 Å². The van der Waals surface area contributed by atoms with Gasteiger partial charge in [0.25, 0.3) is 5.91 Å². The van der Waals surface area contributed by atoms with Crippen LogP contribution in [0.5, 0.6) is 0 Å². The number of anilines is 4. The fourth-order valence-corrected chi connectivity index (χ4v) is 2.61. The maximum Gasteiger partial charge on any atom is 0.252 e. The largest absolute Gasteiger partial charge is 0.365 e. The summed E-state index contributed by atoms with van der Waals surface area (Å²) >= 11 is 5.98. The third-order valence-corrected chi connectivity index (χ3v) is 3.92. The molecule has 0 aliphatic carbocycles. The highest BCUT2D eigenvalue weighted by Gasteiger charge is 2.16. The zero-order valence-corrected chi connectivity index (χ0v) is 14.5. The Morgan fingerprint density at radius 3 is 2.73 bits per heavy atom. The van der Waals surface area contributed by atoms with Gasteiger partial charge < -0.3 is 16.0 Å². The molecule has 3 aromatic rings. The second-order valence-electron chi connectivity index (χ2n) is 5.51. The summed E-state index contributed by atoms with van der Waals surface area (Å²) in [5.74, 6) is -0.650. The first-order valence-electron chi connectivity index (χ1n) is 7.61. The number of nitrogens with zero attached hydrogens (tertiary/aromatic N) is 3. The van der Waals surface area contributed by atoms with Gasteiger partial charge >= 0.3 is 0 Å². The molecule has 2 heterocycles. The van der Waals surface area contributed by atoms with Crippen molar-refractivity contribution in [1.82, 2.24) is 9.97 Å². The smallest absolute Gasteiger partial charge is 0.252 e. The number of nitrogens with two attached hydrogens (primary N) is 1. The highest BCUT2D eigenvalue weighted by molar-refractivity contribution is 6.30. The van der Waals surface area contributed by atoms with E-state index >= 15 is 0 Å². The zero-order chi connectivity index (χ0) is 18.7. The predicted octanol–water partition coefficient (Wildman–Crippen LogP) is 3.88. The predicted molar refractivity (Wildman–Crippen MR) is 99.7 cm³/mol. The fourth-order valence-electron chi connectivity index (χ4n) is 2.42. The minimum absolute atomic E-state index is 0.202. The van der Waals surface area contributed by atoms with E-state index in [0.29, 0.717) is 22.2 Å². The van der Waals surface area contributed by atoms with E-state index < -0.39 is 11.7 Å². The number of amides is 1. The van der Waals surface area contributed by atoms with E-state index in [0.717, 1.165) is 11.9 Å². The van der Waals surface area contributed by atoms with Crippen molar-refractivity contribution in [3.05, 3.63) is 71.4 Å². The molecule has 3 rings (SSSR count). The van der Waals surface area contributed by atoms with E-state index in [4.69, 9.17) is 17.3 Å². The molecule has 6 nitrogen and oxygen atoms in total. The molecular formula is C18H15ClFN5O. The first kappa shape index (κ1) is 17.6. The van der Waals surface area contributed by atoms with Crippen LogP contribution in [0, 0.1) is 5.82 Å². The molecule has 0 saturated carbocycles. The second-order valence-corrected chi connectivity index (χ2v) is 5.94. The zero-order valence-electron chi connectivity index (χ0n) is 13.8. The van der Waals surface area contributed by atoms with Gasteiger partial charge in [-0.1, -0.05) is 17.7 Å². The van der Waals surface area contributed by atoms with Gasteiger partial charge in [-0.2, -0.15) is 0 Å². The summed E-state index contributed by atoms with van der Waals surface area (Å²) in [7, 11) is 1.68. The Morgan fingerprint density at radius 2 is 2.04 bits per heavy atom. The minimum atomic E-state index is -0.641. The van der Waals surface area contributed by atoms with E-state index in [2.05, 4.69) is 15.3 Å². The van der Waals surface area contributed by atoms with Crippen molar-refractivity contribution in [2.45, 2.75) is 0 Å². The van der Waals surface area contributed by atoms with Crippen LogP contribution in [0.25, 0.3) is 0 Å². The van der Waals surface area contributed by atoms with Crippen molar-refractivity contribution in [2.75, 3.05) is 17.3 Å². The lowest BCUT2D eigenvalue weighted by Gasteiger charge is -2.22. The Balaban J connectivity index is 2.00. The number of halogens is 2. The van der Waals surface area contributed by atoms with Crippen LogP contribution in [-0.2, 0) is 0 Å². The highest BCUT2D eigenvalue weighted by Crippen LogP contribution is 2.29. The van der Waals surface area contributed by atoms with Crippen LogP contribution in [0.1, 0.15) is 10.4 Å². The number of hydrogen-bond donors (Lipinski definition) is 2. The van der Waals surface area contributed by atoms with Crippen molar-refractivity contribution in [3.63, 3.8) is 0 Å². The molecule has 0 aliphatic rings. The lowest BCUT2D eigenvalue weighted by Crippen LogP contribution is -2.19. The number of carbonyl (C=O) groups is 1. The average molecular weight is 372 g/mol. The molecule has 2 aromatic heterocycles. The van der Waals surface area contributed by atoms with Crippen LogP contribution in [0.4, 0.5) is 27.3 Å². The highest BCUT2D eigenvalue weighted by atomic mass is 35.5. The average Bonchev–Trinajstić information content (AvgIpc) is 2.61. The van der Waals surface area contributed by atoms with Gasteiger partial charge in [-0.25, -0.2) is 9.37 Å². The quantitative estimate of drug-likeness (QED) is 0.711. The molecule has 0 unspecified atom stereocenters. The second kappa shape index (κ2) is 7.37. The molecule has 0 fully saturated rings. The van der Waals surface area contributed by atoms with Gasteiger partial charge in [0, 0.05) is 36.1 Å². The van der Waals surface area contributed by atoms with Crippen molar-refractivity contribution in [1.29, 1.82) is 0 Å². The van der Waals surface area contributed by atoms with E-state index in [1.165, 1.54) is 18.5 Å². The Bertz CT molecular complexity index is 966. The van der Waals surface area contributed by atoms with Gasteiger partial charge in [0.1, 0.15) is 11.6 Å². The van der Waals surface area contributed by atoms with Crippen LogP contribution in [0.15, 0.2) is 55.0 Å². The minimum Gasteiger partial charge on any atom is -0.365 e. The van der Waals surface area contributed by atoms with Gasteiger partial charge in [-0.05, 0) is 18.2 Å². The van der Waals surface area contributed by atoms with Crippen LogP contribution in [0.3, 0.4) is 0 Å². The Hall–Kier alpha value is -3.19. The topological polar surface area (TPSA) is 84.1 Å². The summed E-state index contributed by atoms with van der Waals surface area (Å²) in [6, 6.07) is 10.1. The molecule has 0 aliphatic heterocycles. The lowest BCUT2D eigenvalue weighted by molar-refractivity contribution is 0.100. The molecule has 0 atom stereocenters. The van der Waals surface area contributed by atoms with Crippen LogP contribution < -0.4 is 16.0 Å². The molecule has 1 aromatic carbocycles. The number of nitrogens with one attached hydrogen (secondary N) is 1. The molecule has 0 bridgehead atoms. The number of carbonyl (C=O) groups excluding carboxylic acids is 1. The summed E-state index contributed by atoms with van der Waals surface area (Å²) in [4.78, 5) is 21.4. The van der Waals surface area contributed by atoms with Gasteiger partial charge in [0.05, 0.1) is 29.3 Å². The van der Waals surface area contributed by atoms with Gasteiger partial charge in [0.15, 0.2) is 0 Å². The van der Waals surface area contributed by atoms with Crippen molar-refractivity contribution in [2.24, 2.45) is 5.73 Å². The molecule has 8 heteroatoms. The maximum absolute atomic E-state index is 13.5. The van der Waals surface area contributed by atoms with E-state index in [1.807, 2.05) is 6.07 Å². The Morgan fingerprint density at radius 1 is 1.23 bits per heavy atom. The number of rotatable bonds is 5. The summed E-state index contributed by atoms with van der Waals surface area (Å²) in [6.07, 6.45) is 3.96. The molecule has 1 amide bonds. The third kappa shape index (κ3) is 3.89. The molecule has 0 radical (unpaired) electrons. The van der Waals surface area contributed by atoms with Gasteiger partial charge in [0.2, 0.25) is 0 Å². The van der Waals surface area contributed by atoms with Crippen molar-refractivity contribution in [3.8, 4) is 0 Å². The molecule has 0 saturated heterocycles. The standard InChI is InChI=1S/C18H15ClFN5O/c1-25(14-6-12(20)8-22-9-14)16-7-17(23-10-15(16)18(21)26)24-13-4-2-3-11(19)5-13/h2-10H,1H3,(H2,21,26)(H,23,24). The first-order valence-corrected chi connectivity index (χ1v) is 7.98. The molecule has 132 valence electrons. The van der Waals surface area contributed by atoms with Gasteiger partial charge in [-0.15, -0.1) is 0 Å². The Kier molecular flexibility index (Phi) is 4.99. The lowest BCUT2D eigenvalue weighted by atomic mass is 10.2.